The third-order valence-corrected chi connectivity index (χ3v) is 0.946. The van der Waals surface area contributed by atoms with Gasteiger partial charge in [0.2, 0.25) is 7.41 Å². The summed E-state index contributed by atoms with van der Waals surface area (Å²) >= 11 is 0. The molecule has 69 valence electrons. The van der Waals surface area contributed by atoms with Gasteiger partial charge < -0.3 is 9.96 Å². The van der Waals surface area contributed by atoms with Crippen molar-refractivity contribution in [3.8, 4) is 11.8 Å². The molecule has 12 heavy (non-hydrogen) atoms. The fraction of sp³-hybridized carbons (Fsp3) is 0.778. The average Bonchev–Trinajstić information content (AvgIpc) is 2.15. The zero-order valence-corrected chi connectivity index (χ0v) is 8.61. The summed E-state index contributed by atoms with van der Waals surface area (Å²) in [6.07, 6.45) is 0. The van der Waals surface area contributed by atoms with Crippen LogP contribution in [0.5, 0.6) is 0 Å². The van der Waals surface area contributed by atoms with Crippen LogP contribution in [0.3, 0.4) is 0 Å². The first-order chi connectivity index (χ1) is 5.91. The molecular weight excluding hydrogens is 149 g/mol. The average molecular weight is 168 g/mol. The third kappa shape index (κ3) is 16.3. The number of ether oxygens (including phenoxy) is 1. The molecule has 0 bridgehead atoms. The van der Waals surface area contributed by atoms with Gasteiger partial charge in [0.05, 0.1) is 6.61 Å². The SMILES string of the molecule is CC.C[B]NCCOCC#CC. The molecular formula is C9H19BNO. The molecule has 1 N–H and O–H groups in total. The second kappa shape index (κ2) is 16.9. The van der Waals surface area contributed by atoms with E-state index in [0.29, 0.717) is 6.61 Å². The van der Waals surface area contributed by atoms with Crippen LogP contribution in [0.1, 0.15) is 20.8 Å². The Morgan fingerprint density at radius 1 is 1.42 bits per heavy atom. The van der Waals surface area contributed by atoms with E-state index in [0.717, 1.165) is 13.2 Å². The van der Waals surface area contributed by atoms with E-state index in [1.807, 2.05) is 28.1 Å². The lowest BCUT2D eigenvalue weighted by atomic mass is 10.0. The highest BCUT2D eigenvalue weighted by molar-refractivity contribution is 6.29. The van der Waals surface area contributed by atoms with E-state index >= 15 is 0 Å². The Hall–Kier alpha value is -0.455. The van der Waals surface area contributed by atoms with E-state index in [4.69, 9.17) is 4.74 Å². The van der Waals surface area contributed by atoms with E-state index in [1.54, 1.807) is 6.92 Å². The first-order valence-electron chi connectivity index (χ1n) is 4.40. The highest BCUT2D eigenvalue weighted by atomic mass is 16.5. The maximum absolute atomic E-state index is 5.12. The van der Waals surface area contributed by atoms with E-state index in [1.165, 1.54) is 0 Å². The minimum Gasteiger partial charge on any atom is -0.368 e. The van der Waals surface area contributed by atoms with Gasteiger partial charge in [0, 0.05) is 6.54 Å². The molecule has 0 unspecified atom stereocenters. The minimum absolute atomic E-state index is 0.544. The van der Waals surface area contributed by atoms with Crippen LogP contribution in [0.25, 0.3) is 0 Å². The molecule has 0 rings (SSSR count). The van der Waals surface area contributed by atoms with Gasteiger partial charge in [-0.1, -0.05) is 26.6 Å². The molecule has 0 aliphatic carbocycles. The molecule has 0 amide bonds. The maximum atomic E-state index is 5.12. The van der Waals surface area contributed by atoms with Gasteiger partial charge >= 0.3 is 0 Å². The summed E-state index contributed by atoms with van der Waals surface area (Å²) in [4.78, 5) is 0. The van der Waals surface area contributed by atoms with Crippen molar-refractivity contribution in [3.05, 3.63) is 0 Å². The van der Waals surface area contributed by atoms with Crippen molar-refractivity contribution < 1.29 is 4.74 Å². The summed E-state index contributed by atoms with van der Waals surface area (Å²) < 4.78 is 5.12. The molecule has 1 radical (unpaired) electrons. The van der Waals surface area contributed by atoms with Crippen molar-refractivity contribution in [1.29, 1.82) is 0 Å². The smallest absolute Gasteiger partial charge is 0.201 e. The van der Waals surface area contributed by atoms with Crippen LogP contribution in [0.2, 0.25) is 6.82 Å². The lowest BCUT2D eigenvalue weighted by molar-refractivity contribution is 0.173. The number of nitrogens with one attached hydrogen (secondary N) is 1. The Morgan fingerprint density at radius 3 is 2.58 bits per heavy atom. The monoisotopic (exact) mass is 168 g/mol. The summed E-state index contributed by atoms with van der Waals surface area (Å²) in [6.45, 7) is 9.89. The van der Waals surface area contributed by atoms with Gasteiger partial charge in [-0.05, 0) is 6.92 Å². The molecule has 0 aliphatic rings. The summed E-state index contributed by atoms with van der Waals surface area (Å²) in [5, 5.41) is 3.03. The molecule has 0 aromatic carbocycles. The summed E-state index contributed by atoms with van der Waals surface area (Å²) in [6, 6.07) is 0. The van der Waals surface area contributed by atoms with Gasteiger partial charge in [-0.25, -0.2) is 0 Å². The highest BCUT2D eigenvalue weighted by Gasteiger charge is 1.82. The topological polar surface area (TPSA) is 21.3 Å². The van der Waals surface area contributed by atoms with Crippen molar-refractivity contribution in [2.24, 2.45) is 0 Å². The minimum atomic E-state index is 0.544. The van der Waals surface area contributed by atoms with Crippen LogP contribution in [-0.4, -0.2) is 27.2 Å². The first kappa shape index (κ1) is 14.1. The van der Waals surface area contributed by atoms with E-state index in [2.05, 4.69) is 17.1 Å². The Bertz CT molecular complexity index is 117. The molecule has 0 saturated carbocycles. The van der Waals surface area contributed by atoms with Gasteiger partial charge in [-0.2, -0.15) is 0 Å². The molecule has 0 saturated heterocycles. The zero-order valence-electron chi connectivity index (χ0n) is 8.61. The van der Waals surface area contributed by atoms with Gasteiger partial charge in [0.25, 0.3) is 0 Å². The lowest BCUT2D eigenvalue weighted by Gasteiger charge is -1.98. The number of rotatable bonds is 5. The van der Waals surface area contributed by atoms with Crippen molar-refractivity contribution >= 4 is 7.41 Å². The maximum Gasteiger partial charge on any atom is 0.201 e. The Balaban J connectivity index is 0. The molecule has 0 aromatic heterocycles. The highest BCUT2D eigenvalue weighted by Crippen LogP contribution is 1.69. The van der Waals surface area contributed by atoms with Crippen molar-refractivity contribution in [2.75, 3.05) is 19.8 Å². The van der Waals surface area contributed by atoms with Crippen molar-refractivity contribution in [3.63, 3.8) is 0 Å². The Morgan fingerprint density at radius 2 is 2.08 bits per heavy atom. The second-order valence-corrected chi connectivity index (χ2v) is 1.72. The van der Waals surface area contributed by atoms with Crippen LogP contribution in [0.4, 0.5) is 0 Å². The lowest BCUT2D eigenvalue weighted by Crippen LogP contribution is -2.21. The van der Waals surface area contributed by atoms with Crippen LogP contribution in [0, 0.1) is 11.8 Å². The summed E-state index contributed by atoms with van der Waals surface area (Å²) in [5.41, 5.74) is 0. The fourth-order valence-corrected chi connectivity index (χ4v) is 0.471. The van der Waals surface area contributed by atoms with E-state index in [-0.39, 0.29) is 0 Å². The Kier molecular flexibility index (Phi) is 19.8. The normalized spacial score (nSPS) is 7.33. The zero-order chi connectivity index (χ0) is 9.66. The molecule has 0 heterocycles. The van der Waals surface area contributed by atoms with Crippen LogP contribution in [-0.2, 0) is 4.74 Å². The standard InChI is InChI=1S/C7H13BNO.C2H6/c1-3-4-6-10-7-5-9-8-2;1-2/h9H,5-7H2,1-2H3;1-2H3. The van der Waals surface area contributed by atoms with E-state index in [9.17, 15) is 0 Å². The molecule has 0 atom stereocenters. The largest absolute Gasteiger partial charge is 0.368 e. The van der Waals surface area contributed by atoms with Crippen LogP contribution >= 0.6 is 0 Å². The first-order valence-corrected chi connectivity index (χ1v) is 4.40. The molecule has 2 nitrogen and oxygen atoms in total. The second-order valence-electron chi connectivity index (χ2n) is 1.72. The number of hydrogen-bond donors (Lipinski definition) is 1. The fourth-order valence-electron chi connectivity index (χ4n) is 0.471. The van der Waals surface area contributed by atoms with Crippen LogP contribution < -0.4 is 5.23 Å². The third-order valence-electron chi connectivity index (χ3n) is 0.946. The summed E-state index contributed by atoms with van der Waals surface area (Å²) in [7, 11) is 1.90. The van der Waals surface area contributed by atoms with E-state index < -0.39 is 0 Å². The molecule has 0 aromatic rings. The Labute approximate surface area is 77.3 Å². The summed E-state index contributed by atoms with van der Waals surface area (Å²) in [5.74, 6) is 5.57. The predicted molar refractivity (Wildman–Crippen MR) is 55.2 cm³/mol. The van der Waals surface area contributed by atoms with Gasteiger partial charge in [-0.15, -0.1) is 5.92 Å². The van der Waals surface area contributed by atoms with Crippen molar-refractivity contribution in [2.45, 2.75) is 27.6 Å². The molecule has 0 aliphatic heterocycles. The quantitative estimate of drug-likeness (QED) is 0.379. The van der Waals surface area contributed by atoms with Gasteiger partial charge in [-0.3, -0.25) is 0 Å². The van der Waals surface area contributed by atoms with Gasteiger partial charge in [0.15, 0.2) is 0 Å². The number of hydrogen-bond acceptors (Lipinski definition) is 2. The predicted octanol–water partition coefficient (Wildman–Crippen LogP) is 1.31. The molecule has 0 spiro atoms. The van der Waals surface area contributed by atoms with Gasteiger partial charge in [0.1, 0.15) is 6.61 Å². The molecule has 3 heteroatoms. The van der Waals surface area contributed by atoms with Crippen molar-refractivity contribution in [1.82, 2.24) is 5.23 Å². The van der Waals surface area contributed by atoms with Crippen LogP contribution in [0.15, 0.2) is 0 Å². The molecule has 0 fully saturated rings.